The van der Waals surface area contributed by atoms with Crippen LogP contribution in [0.3, 0.4) is 0 Å². The zero-order valence-corrected chi connectivity index (χ0v) is 30.9. The van der Waals surface area contributed by atoms with E-state index in [0.29, 0.717) is 24.2 Å². The monoisotopic (exact) mass is 691 g/mol. The van der Waals surface area contributed by atoms with Crippen molar-refractivity contribution in [2.24, 2.45) is 11.3 Å². The predicted octanol–water partition coefficient (Wildman–Crippen LogP) is 10.1. The van der Waals surface area contributed by atoms with Crippen LogP contribution in [0.15, 0.2) is 97.1 Å². The number of rotatable bonds is 10. The highest BCUT2D eigenvalue weighted by Crippen LogP contribution is 2.40. The summed E-state index contributed by atoms with van der Waals surface area (Å²) >= 11 is 0. The second-order valence-corrected chi connectivity index (χ2v) is 14.8. The van der Waals surface area contributed by atoms with Gasteiger partial charge in [-0.2, -0.15) is 0 Å². The number of aryl methyl sites for hydroxylation is 2. The number of benzene rings is 4. The number of amides is 1. The molecule has 1 aliphatic rings. The van der Waals surface area contributed by atoms with Crippen LogP contribution in [0.2, 0.25) is 0 Å². The number of carbonyl (C=O) groups is 2. The minimum atomic E-state index is -3.11. The first-order valence-corrected chi connectivity index (χ1v) is 18.4. The molecule has 1 N–H and O–H groups in total. The fraction of sp³-hybridized carbons (Fsp3) is 0.349. The lowest BCUT2D eigenvalue weighted by molar-refractivity contribution is -0.117. The maximum Gasteiger partial charge on any atom is 0.425 e. The molecule has 0 heterocycles. The number of hydrogen-bond donors (Lipinski definition) is 1. The summed E-state index contributed by atoms with van der Waals surface area (Å²) < 4.78 is 25.3. The predicted molar refractivity (Wildman–Crippen MR) is 203 cm³/mol. The molecule has 0 aliphatic heterocycles. The number of anilines is 1. The number of nitrogens with one attached hydrogen (secondary N) is 1. The highest BCUT2D eigenvalue weighted by molar-refractivity contribution is 7.59. The van der Waals surface area contributed by atoms with Crippen molar-refractivity contribution in [2.75, 3.05) is 5.32 Å². The van der Waals surface area contributed by atoms with Crippen molar-refractivity contribution in [1.29, 1.82) is 0 Å². The zero-order chi connectivity index (χ0) is 36.4. The van der Waals surface area contributed by atoms with Crippen LogP contribution >= 0.6 is 0 Å². The summed E-state index contributed by atoms with van der Waals surface area (Å²) in [6.45, 7) is 13.3. The van der Waals surface area contributed by atoms with E-state index in [4.69, 9.17) is 12.6 Å². The Morgan fingerprint density at radius 2 is 1.46 bits per heavy atom. The van der Waals surface area contributed by atoms with Crippen LogP contribution in [-0.2, 0) is 21.8 Å². The summed E-state index contributed by atoms with van der Waals surface area (Å²) in [6.07, 6.45) is 7.76. The van der Waals surface area contributed by atoms with Crippen molar-refractivity contribution in [3.05, 3.63) is 130 Å². The summed E-state index contributed by atoms with van der Waals surface area (Å²) in [7, 11) is -3.11. The van der Waals surface area contributed by atoms with Gasteiger partial charge < -0.3 is 5.32 Å². The molecule has 0 unspecified atom stereocenters. The van der Waals surface area contributed by atoms with Crippen molar-refractivity contribution in [2.45, 2.75) is 86.0 Å². The van der Waals surface area contributed by atoms with E-state index in [2.05, 4.69) is 101 Å². The minimum Gasteiger partial charge on any atom is -0.326 e. The third-order valence-corrected chi connectivity index (χ3v) is 9.67. The Bertz CT molecular complexity index is 1910. The normalized spacial score (nSPS) is 14.8. The highest BCUT2D eigenvalue weighted by Gasteiger charge is 2.27. The molecular weight excluding hydrogens is 643 g/mol. The first kappa shape index (κ1) is 38.2. The third-order valence-electron chi connectivity index (χ3n) is 9.67. The van der Waals surface area contributed by atoms with E-state index in [1.165, 1.54) is 34.2 Å². The molecule has 2 atom stereocenters. The van der Waals surface area contributed by atoms with E-state index in [1.54, 1.807) is 0 Å². The Labute approximate surface area is 299 Å². The molecule has 50 heavy (non-hydrogen) atoms. The van der Waals surface area contributed by atoms with Crippen molar-refractivity contribution in [1.82, 2.24) is 0 Å². The SMILES string of the molecule is CCCC(=O)c1ccc(C[C@H](C(=O)Nc2ccc(-c3ccc(C)cc3C)cc2)c2ccc(C3=CC[C@H](C(C)(C)C)CC3)cc2)cc1.O=S(=O)=O. The highest BCUT2D eigenvalue weighted by atomic mass is 32.2. The van der Waals surface area contributed by atoms with Gasteiger partial charge in [0.15, 0.2) is 5.78 Å². The molecule has 0 bridgehead atoms. The number of Topliss-reactive ketones (excluding diaryl/α,β-unsaturated/α-hetero) is 1. The van der Waals surface area contributed by atoms with Crippen molar-refractivity contribution >= 4 is 33.6 Å². The van der Waals surface area contributed by atoms with Crippen LogP contribution in [0.1, 0.15) is 104 Å². The molecule has 0 aromatic heterocycles. The molecule has 262 valence electrons. The number of ketones is 1. The van der Waals surface area contributed by atoms with Gasteiger partial charge in [-0.3, -0.25) is 9.59 Å². The first-order valence-electron chi connectivity index (χ1n) is 17.4. The standard InChI is InChI=1S/C43H49NO2.O3S/c1-7-8-41(45)36-12-10-31(11-13-36)28-40(35-16-14-32(15-17-35)33-18-22-37(23-19-33)43(4,5)6)42(46)44-38-24-20-34(21-25-38)39-26-9-29(2)27-30(39)3;1-4(2)3/h9-18,20-21,24-27,37,40H,7-8,19,22-23,28H2,1-6H3,(H,44,46);/t37-,40-;/m0./s1. The molecular formula is C43H49NO5S. The van der Waals surface area contributed by atoms with Gasteiger partial charge in [-0.1, -0.05) is 118 Å². The van der Waals surface area contributed by atoms with Crippen LogP contribution in [0.25, 0.3) is 16.7 Å². The van der Waals surface area contributed by atoms with Gasteiger partial charge in [0.2, 0.25) is 5.91 Å². The lowest BCUT2D eigenvalue weighted by atomic mass is 9.72. The molecule has 5 rings (SSSR count). The summed E-state index contributed by atoms with van der Waals surface area (Å²) in [4.78, 5) is 26.4. The van der Waals surface area contributed by atoms with Gasteiger partial charge in [0, 0.05) is 17.7 Å². The number of carbonyl (C=O) groups excluding carboxylic acids is 2. The fourth-order valence-electron chi connectivity index (χ4n) is 6.71. The molecule has 0 fully saturated rings. The second-order valence-electron chi connectivity index (χ2n) is 14.4. The van der Waals surface area contributed by atoms with Gasteiger partial charge in [0.1, 0.15) is 0 Å². The van der Waals surface area contributed by atoms with Gasteiger partial charge >= 0.3 is 10.6 Å². The van der Waals surface area contributed by atoms with E-state index in [9.17, 15) is 9.59 Å². The maximum atomic E-state index is 14.0. The number of allylic oxidation sites excluding steroid dienone is 2. The topological polar surface area (TPSA) is 97.4 Å². The molecule has 0 saturated heterocycles. The van der Waals surface area contributed by atoms with Gasteiger partial charge in [-0.05, 0) is 108 Å². The van der Waals surface area contributed by atoms with Crippen LogP contribution in [0, 0.1) is 25.2 Å². The zero-order valence-electron chi connectivity index (χ0n) is 30.1. The fourth-order valence-corrected chi connectivity index (χ4v) is 6.71. The Morgan fingerprint density at radius 1 is 0.840 bits per heavy atom. The number of hydrogen-bond acceptors (Lipinski definition) is 5. The van der Waals surface area contributed by atoms with Crippen molar-refractivity contribution < 1.29 is 22.2 Å². The molecule has 1 aliphatic carbocycles. The van der Waals surface area contributed by atoms with Gasteiger partial charge in [-0.25, -0.2) is 0 Å². The molecule has 0 spiro atoms. The lowest BCUT2D eigenvalue weighted by Gasteiger charge is -2.33. The van der Waals surface area contributed by atoms with Crippen LogP contribution < -0.4 is 5.32 Å². The van der Waals surface area contributed by atoms with E-state index in [1.807, 2.05) is 43.3 Å². The largest absolute Gasteiger partial charge is 0.425 e. The molecule has 4 aromatic rings. The van der Waals surface area contributed by atoms with Crippen LogP contribution in [0.4, 0.5) is 5.69 Å². The van der Waals surface area contributed by atoms with Crippen LogP contribution in [0.5, 0.6) is 0 Å². The van der Waals surface area contributed by atoms with Gasteiger partial charge in [0.25, 0.3) is 0 Å². The van der Waals surface area contributed by atoms with Crippen molar-refractivity contribution in [3.63, 3.8) is 0 Å². The van der Waals surface area contributed by atoms with Crippen molar-refractivity contribution in [3.8, 4) is 11.1 Å². The molecule has 6 nitrogen and oxygen atoms in total. The molecule has 0 radical (unpaired) electrons. The summed E-state index contributed by atoms with van der Waals surface area (Å²) in [5.74, 6) is 0.454. The van der Waals surface area contributed by atoms with E-state index in [-0.39, 0.29) is 17.6 Å². The third kappa shape index (κ3) is 10.7. The first-order chi connectivity index (χ1) is 23.7. The molecule has 1 amide bonds. The Kier molecular flexibility index (Phi) is 13.3. The molecule has 0 saturated carbocycles. The lowest BCUT2D eigenvalue weighted by Crippen LogP contribution is -2.23. The maximum absolute atomic E-state index is 14.0. The molecule has 4 aromatic carbocycles. The Morgan fingerprint density at radius 3 is 2.00 bits per heavy atom. The summed E-state index contributed by atoms with van der Waals surface area (Å²) in [5, 5.41) is 3.20. The van der Waals surface area contributed by atoms with Crippen LogP contribution in [-0.4, -0.2) is 24.3 Å². The Hall–Kier alpha value is -4.62. The van der Waals surface area contributed by atoms with Gasteiger partial charge in [-0.15, -0.1) is 12.6 Å². The van der Waals surface area contributed by atoms with Gasteiger partial charge in [0.05, 0.1) is 5.92 Å². The second kappa shape index (κ2) is 17.3. The summed E-state index contributed by atoms with van der Waals surface area (Å²) in [6, 6.07) is 31.0. The smallest absolute Gasteiger partial charge is 0.326 e. The molecule has 7 heteroatoms. The minimum absolute atomic E-state index is 0.0388. The van der Waals surface area contributed by atoms with E-state index >= 15 is 0 Å². The quantitative estimate of drug-likeness (QED) is 0.167. The van der Waals surface area contributed by atoms with E-state index in [0.717, 1.165) is 47.2 Å². The summed E-state index contributed by atoms with van der Waals surface area (Å²) in [5.41, 5.74) is 11.3. The average Bonchev–Trinajstić information content (AvgIpc) is 3.07. The van der Waals surface area contributed by atoms with E-state index < -0.39 is 10.6 Å². The average molecular weight is 692 g/mol. The Balaban J connectivity index is 0.00000133.